The first-order valence-electron chi connectivity index (χ1n) is 10.2. The van der Waals surface area contributed by atoms with Crippen molar-refractivity contribution < 1.29 is 18.4 Å². The van der Waals surface area contributed by atoms with Crippen LogP contribution in [0.25, 0.3) is 0 Å². The number of likely N-dealkylation sites (tertiary alicyclic amines) is 1. The van der Waals surface area contributed by atoms with Gasteiger partial charge in [0.05, 0.1) is 5.56 Å². The molecule has 0 spiro atoms. The lowest BCUT2D eigenvalue weighted by Crippen LogP contribution is -2.52. The maximum Gasteiger partial charge on any atom is 0.257 e. The number of hydrogen-bond acceptors (Lipinski definition) is 3. The largest absolute Gasteiger partial charge is 0.340 e. The summed E-state index contributed by atoms with van der Waals surface area (Å²) in [5.41, 5.74) is -0.157. The highest BCUT2D eigenvalue weighted by molar-refractivity contribution is 5.98. The Morgan fingerprint density at radius 3 is 2.62 bits per heavy atom. The predicted octanol–water partition coefficient (Wildman–Crippen LogP) is 2.98. The Balaban J connectivity index is 0.00000240. The molecule has 1 aliphatic carbocycles. The number of rotatable bonds is 3. The van der Waals surface area contributed by atoms with Crippen LogP contribution in [0.3, 0.4) is 0 Å². The third-order valence-electron chi connectivity index (χ3n) is 6.70. The van der Waals surface area contributed by atoms with Crippen molar-refractivity contribution in [3.05, 3.63) is 35.4 Å². The SMILES string of the molecule is CN(C(=O)C1CC2CCCCC2N1C(=O)c1ccc(F)cc1F)C1CCNC1.Cl. The van der Waals surface area contributed by atoms with Gasteiger partial charge in [0.1, 0.15) is 17.7 Å². The number of halogens is 3. The second-order valence-electron chi connectivity index (χ2n) is 8.30. The first kappa shape index (κ1) is 22.0. The smallest absolute Gasteiger partial charge is 0.257 e. The summed E-state index contributed by atoms with van der Waals surface area (Å²) in [6, 6.07) is 2.52. The van der Waals surface area contributed by atoms with Crippen LogP contribution < -0.4 is 5.32 Å². The normalized spacial score (nSPS) is 28.6. The van der Waals surface area contributed by atoms with Crippen molar-refractivity contribution in [2.24, 2.45) is 5.92 Å². The van der Waals surface area contributed by atoms with E-state index in [1.54, 1.807) is 16.8 Å². The van der Waals surface area contributed by atoms with Crippen molar-refractivity contribution in [2.75, 3.05) is 20.1 Å². The van der Waals surface area contributed by atoms with E-state index in [1.165, 1.54) is 6.07 Å². The van der Waals surface area contributed by atoms with Crippen LogP contribution in [0.15, 0.2) is 18.2 Å². The molecule has 3 fully saturated rings. The van der Waals surface area contributed by atoms with Crippen LogP contribution in [-0.2, 0) is 4.79 Å². The molecule has 1 aromatic rings. The summed E-state index contributed by atoms with van der Waals surface area (Å²) >= 11 is 0. The maximum absolute atomic E-state index is 14.3. The Morgan fingerprint density at radius 1 is 1.17 bits per heavy atom. The van der Waals surface area contributed by atoms with Crippen LogP contribution in [0.2, 0.25) is 0 Å². The van der Waals surface area contributed by atoms with Crippen molar-refractivity contribution in [2.45, 2.75) is 56.7 Å². The van der Waals surface area contributed by atoms with Crippen molar-refractivity contribution >= 4 is 24.2 Å². The number of carbonyl (C=O) groups excluding carboxylic acids is 2. The summed E-state index contributed by atoms with van der Waals surface area (Å²) in [7, 11) is 1.79. The minimum absolute atomic E-state index is 0. The molecule has 4 rings (SSSR count). The quantitative estimate of drug-likeness (QED) is 0.806. The molecule has 29 heavy (non-hydrogen) atoms. The van der Waals surface area contributed by atoms with E-state index in [9.17, 15) is 18.4 Å². The summed E-state index contributed by atoms with van der Waals surface area (Å²) in [5, 5.41) is 3.26. The molecule has 0 bridgehead atoms. The summed E-state index contributed by atoms with van der Waals surface area (Å²) in [6.45, 7) is 1.63. The summed E-state index contributed by atoms with van der Waals surface area (Å²) < 4.78 is 27.6. The number of benzene rings is 1. The zero-order valence-electron chi connectivity index (χ0n) is 16.6. The Kier molecular flexibility index (Phi) is 6.79. The molecule has 1 saturated carbocycles. The molecule has 5 nitrogen and oxygen atoms in total. The van der Waals surface area contributed by atoms with E-state index in [0.717, 1.165) is 57.3 Å². The fraction of sp³-hybridized carbons (Fsp3) is 0.619. The Labute approximate surface area is 176 Å². The third-order valence-corrected chi connectivity index (χ3v) is 6.70. The summed E-state index contributed by atoms with van der Waals surface area (Å²) in [5.74, 6) is -1.89. The molecule has 2 heterocycles. The average Bonchev–Trinajstić information content (AvgIpc) is 3.34. The van der Waals surface area contributed by atoms with Crippen LogP contribution in [0.4, 0.5) is 8.78 Å². The fourth-order valence-corrected chi connectivity index (χ4v) is 5.16. The van der Waals surface area contributed by atoms with E-state index in [4.69, 9.17) is 0 Å². The number of carbonyl (C=O) groups is 2. The van der Waals surface area contributed by atoms with Crippen molar-refractivity contribution in [3.8, 4) is 0 Å². The van der Waals surface area contributed by atoms with Gasteiger partial charge in [-0.1, -0.05) is 12.8 Å². The molecule has 0 radical (unpaired) electrons. The predicted molar refractivity (Wildman–Crippen MR) is 108 cm³/mol. The minimum Gasteiger partial charge on any atom is -0.340 e. The molecule has 1 aromatic carbocycles. The molecule has 2 aliphatic heterocycles. The lowest BCUT2D eigenvalue weighted by atomic mass is 9.84. The average molecular weight is 428 g/mol. The second kappa shape index (κ2) is 8.96. The lowest BCUT2D eigenvalue weighted by molar-refractivity contribution is -0.136. The highest BCUT2D eigenvalue weighted by atomic mass is 35.5. The molecule has 2 saturated heterocycles. The summed E-state index contributed by atoms with van der Waals surface area (Å²) in [4.78, 5) is 30.0. The molecule has 8 heteroatoms. The van der Waals surface area contributed by atoms with Crippen molar-refractivity contribution in [1.82, 2.24) is 15.1 Å². The van der Waals surface area contributed by atoms with Gasteiger partial charge in [0.25, 0.3) is 5.91 Å². The first-order valence-corrected chi connectivity index (χ1v) is 10.2. The molecule has 4 atom stereocenters. The van der Waals surface area contributed by atoms with E-state index >= 15 is 0 Å². The van der Waals surface area contributed by atoms with Crippen LogP contribution in [0.1, 0.15) is 48.9 Å². The van der Waals surface area contributed by atoms with Crippen molar-refractivity contribution in [1.29, 1.82) is 0 Å². The van der Waals surface area contributed by atoms with Gasteiger partial charge in [0.2, 0.25) is 5.91 Å². The topological polar surface area (TPSA) is 52.7 Å². The molecule has 4 unspecified atom stereocenters. The highest BCUT2D eigenvalue weighted by Gasteiger charge is 2.49. The number of amides is 2. The monoisotopic (exact) mass is 427 g/mol. The van der Waals surface area contributed by atoms with Gasteiger partial charge in [-0.25, -0.2) is 8.78 Å². The maximum atomic E-state index is 14.3. The standard InChI is InChI=1S/C21H27F2N3O2.ClH/c1-25(15-8-9-24-12-15)21(28)19-10-13-4-2-3-5-18(13)26(19)20(27)16-7-6-14(22)11-17(16)23;/h6-7,11,13,15,18-19,24H,2-5,8-10,12H2,1H3;1H. The molecule has 3 aliphatic rings. The fourth-order valence-electron chi connectivity index (χ4n) is 5.16. The van der Waals surface area contributed by atoms with Crippen LogP contribution in [-0.4, -0.2) is 59.9 Å². The number of likely N-dealkylation sites (N-methyl/N-ethyl adjacent to an activating group) is 1. The van der Waals surface area contributed by atoms with Crippen LogP contribution >= 0.6 is 12.4 Å². The van der Waals surface area contributed by atoms with E-state index in [-0.39, 0.29) is 41.9 Å². The van der Waals surface area contributed by atoms with E-state index in [1.807, 2.05) is 0 Å². The van der Waals surface area contributed by atoms with Gasteiger partial charge in [0.15, 0.2) is 0 Å². The molecular formula is C21H28ClF2N3O2. The molecular weight excluding hydrogens is 400 g/mol. The van der Waals surface area contributed by atoms with Gasteiger partial charge in [-0.2, -0.15) is 0 Å². The Morgan fingerprint density at radius 2 is 1.93 bits per heavy atom. The van der Waals surface area contributed by atoms with Gasteiger partial charge in [-0.15, -0.1) is 12.4 Å². The Hall–Kier alpha value is -1.73. The number of fused-ring (bicyclic) bond motifs is 1. The zero-order valence-corrected chi connectivity index (χ0v) is 17.4. The molecule has 2 amide bonds. The molecule has 1 N–H and O–H groups in total. The highest BCUT2D eigenvalue weighted by Crippen LogP contribution is 2.41. The van der Waals surface area contributed by atoms with Crippen LogP contribution in [0.5, 0.6) is 0 Å². The number of hydrogen-bond donors (Lipinski definition) is 1. The number of nitrogens with one attached hydrogen (secondary N) is 1. The zero-order chi connectivity index (χ0) is 19.8. The second-order valence-corrected chi connectivity index (χ2v) is 8.30. The van der Waals surface area contributed by atoms with Gasteiger partial charge in [-0.05, 0) is 50.3 Å². The molecule has 0 aromatic heterocycles. The van der Waals surface area contributed by atoms with Gasteiger partial charge in [-0.3, -0.25) is 9.59 Å². The van der Waals surface area contributed by atoms with Crippen LogP contribution in [0, 0.1) is 17.6 Å². The summed E-state index contributed by atoms with van der Waals surface area (Å²) in [6.07, 6.45) is 5.43. The van der Waals surface area contributed by atoms with E-state index < -0.39 is 23.6 Å². The van der Waals surface area contributed by atoms with Gasteiger partial charge >= 0.3 is 0 Å². The third kappa shape index (κ3) is 4.12. The Bertz CT molecular complexity index is 772. The first-order chi connectivity index (χ1) is 13.5. The van der Waals surface area contributed by atoms with E-state index in [0.29, 0.717) is 6.42 Å². The van der Waals surface area contributed by atoms with Gasteiger partial charge < -0.3 is 15.1 Å². The molecule has 160 valence electrons. The number of nitrogens with zero attached hydrogens (tertiary/aromatic N) is 2. The van der Waals surface area contributed by atoms with Gasteiger partial charge in [0, 0.05) is 31.7 Å². The van der Waals surface area contributed by atoms with E-state index in [2.05, 4.69) is 5.32 Å². The van der Waals surface area contributed by atoms with Crippen molar-refractivity contribution in [3.63, 3.8) is 0 Å². The lowest BCUT2D eigenvalue weighted by Gasteiger charge is -2.35. The minimum atomic E-state index is -0.871.